The van der Waals surface area contributed by atoms with E-state index in [0.29, 0.717) is 8.68 Å². The zero-order chi connectivity index (χ0) is 16.9. The van der Waals surface area contributed by atoms with Crippen LogP contribution in [-0.2, 0) is 0 Å². The van der Waals surface area contributed by atoms with Crippen LogP contribution in [0.5, 0.6) is 0 Å². The lowest BCUT2D eigenvalue weighted by atomic mass is 10.1. The topological polar surface area (TPSA) is 30.0 Å². The van der Waals surface area contributed by atoms with Gasteiger partial charge in [-0.2, -0.15) is 0 Å². The van der Waals surface area contributed by atoms with Gasteiger partial charge in [0.05, 0.1) is 0 Å². The first-order valence-corrected chi connectivity index (χ1v) is 11.7. The average Bonchev–Trinajstić information content (AvgIpc) is 2.82. The predicted molar refractivity (Wildman–Crippen MR) is 108 cm³/mol. The molecule has 0 N–H and O–H groups in total. The highest BCUT2D eigenvalue weighted by Crippen LogP contribution is 2.36. The van der Waals surface area contributed by atoms with Gasteiger partial charge in [-0.1, -0.05) is 111 Å². The molecule has 0 atom stereocenters. The van der Waals surface area contributed by atoms with Crippen LogP contribution in [0.4, 0.5) is 4.79 Å². The Morgan fingerprint density at radius 2 is 1.57 bits per heavy atom. The minimum atomic E-state index is 0.0722. The van der Waals surface area contributed by atoms with E-state index in [0.717, 1.165) is 23.9 Å². The summed E-state index contributed by atoms with van der Waals surface area (Å²) >= 11 is 15.3. The Morgan fingerprint density at radius 3 is 2.09 bits per heavy atom. The minimum absolute atomic E-state index is 0.0722. The number of carbonyl (C=O) groups is 1. The Kier molecular flexibility index (Phi) is 13.0. The van der Waals surface area contributed by atoms with Gasteiger partial charge in [0.2, 0.25) is 0 Å². The highest BCUT2D eigenvalue weighted by molar-refractivity contribution is 8.39. The molecule has 0 unspecified atom stereocenters. The van der Waals surface area contributed by atoms with E-state index < -0.39 is 0 Å². The molecule has 0 fully saturated rings. The number of thiazole rings is 1. The molecule has 0 bridgehead atoms. The van der Waals surface area contributed by atoms with Crippen LogP contribution in [-0.4, -0.2) is 15.2 Å². The molecule has 1 heterocycles. The number of aromatic nitrogens is 1. The van der Waals surface area contributed by atoms with Gasteiger partial charge in [-0.15, -0.1) is 0 Å². The van der Waals surface area contributed by atoms with E-state index in [2.05, 4.69) is 11.9 Å². The lowest BCUT2D eigenvalue weighted by Gasteiger charge is -2.02. The number of thioether (sulfide) groups is 2. The lowest BCUT2D eigenvalue weighted by molar-refractivity contribution is 0.276. The third-order valence-corrected chi connectivity index (χ3v) is 7.21. The van der Waals surface area contributed by atoms with Crippen molar-refractivity contribution >= 4 is 62.5 Å². The van der Waals surface area contributed by atoms with Gasteiger partial charge in [0.1, 0.15) is 4.34 Å². The van der Waals surface area contributed by atoms with Crippen LogP contribution in [0.25, 0.3) is 0 Å². The third-order valence-electron chi connectivity index (χ3n) is 3.42. The number of unbranched alkanes of at least 4 members (excludes halogenated alkanes) is 9. The zero-order valence-corrected chi connectivity index (χ0v) is 17.6. The number of hydrogen-bond acceptors (Lipinski definition) is 5. The van der Waals surface area contributed by atoms with Crippen molar-refractivity contribution in [3.05, 3.63) is 9.49 Å². The van der Waals surface area contributed by atoms with E-state index >= 15 is 0 Å². The molecule has 1 aromatic rings. The molecule has 0 radical (unpaired) electrons. The van der Waals surface area contributed by atoms with E-state index in [-0.39, 0.29) is 9.60 Å². The lowest BCUT2D eigenvalue weighted by Crippen LogP contribution is -1.87. The van der Waals surface area contributed by atoms with Crippen molar-refractivity contribution < 1.29 is 4.79 Å². The van der Waals surface area contributed by atoms with Gasteiger partial charge >= 0.3 is 0 Å². The summed E-state index contributed by atoms with van der Waals surface area (Å²) in [5.74, 6) is 0.884. The second-order valence-corrected chi connectivity index (χ2v) is 9.93. The summed E-state index contributed by atoms with van der Waals surface area (Å²) in [6.45, 7) is 2.25. The average molecular weight is 414 g/mol. The summed E-state index contributed by atoms with van der Waals surface area (Å²) < 4.78 is 1.14. The van der Waals surface area contributed by atoms with Crippen LogP contribution in [0.1, 0.15) is 71.1 Å². The first kappa shape index (κ1) is 21.6. The van der Waals surface area contributed by atoms with Crippen LogP contribution in [0, 0.1) is 0 Å². The number of halogens is 2. The Labute approximate surface area is 162 Å². The van der Waals surface area contributed by atoms with Crippen molar-refractivity contribution in [1.82, 2.24) is 4.98 Å². The monoisotopic (exact) mass is 413 g/mol. The molecular formula is C16H25Cl2NOS3. The van der Waals surface area contributed by atoms with Gasteiger partial charge in [0, 0.05) is 5.75 Å². The molecule has 0 saturated heterocycles. The van der Waals surface area contributed by atoms with Gasteiger partial charge in [-0.25, -0.2) is 4.98 Å². The maximum Gasteiger partial charge on any atom is 0.253 e. The van der Waals surface area contributed by atoms with Crippen LogP contribution in [0.2, 0.25) is 9.49 Å². The Morgan fingerprint density at radius 1 is 1.00 bits per heavy atom. The third kappa shape index (κ3) is 10.9. The largest absolute Gasteiger partial charge is 0.274 e. The number of hydrogen-bond donors (Lipinski definition) is 0. The van der Waals surface area contributed by atoms with Gasteiger partial charge in [0.15, 0.2) is 9.49 Å². The van der Waals surface area contributed by atoms with Crippen LogP contribution in [0.3, 0.4) is 0 Å². The molecule has 0 spiro atoms. The van der Waals surface area contributed by atoms with Crippen LogP contribution in [0.15, 0.2) is 4.34 Å². The van der Waals surface area contributed by atoms with E-state index in [1.807, 2.05) is 0 Å². The number of carbonyl (C=O) groups excluding carboxylic acids is 1. The molecule has 0 saturated carbocycles. The van der Waals surface area contributed by atoms with E-state index in [4.69, 9.17) is 23.2 Å². The van der Waals surface area contributed by atoms with E-state index in [1.54, 1.807) is 0 Å². The molecule has 0 aliphatic heterocycles. The summed E-state index contributed by atoms with van der Waals surface area (Å²) in [6, 6.07) is 0. The summed E-state index contributed by atoms with van der Waals surface area (Å²) in [6.07, 6.45) is 13.1. The summed E-state index contributed by atoms with van der Waals surface area (Å²) in [5.41, 5.74) is 0. The normalized spacial score (nSPS) is 11.1. The quantitative estimate of drug-likeness (QED) is 0.254. The molecule has 7 heteroatoms. The van der Waals surface area contributed by atoms with Crippen molar-refractivity contribution in [2.45, 2.75) is 75.5 Å². The summed E-state index contributed by atoms with van der Waals surface area (Å²) in [4.78, 5) is 15.8. The molecule has 0 aliphatic carbocycles. The molecule has 0 aliphatic rings. The fourth-order valence-corrected chi connectivity index (χ4v) is 5.59. The van der Waals surface area contributed by atoms with Crippen LogP contribution >= 0.6 is 58.1 Å². The van der Waals surface area contributed by atoms with Gasteiger partial charge in [0.25, 0.3) is 4.45 Å². The highest BCUT2D eigenvalue weighted by Gasteiger charge is 2.12. The highest BCUT2D eigenvalue weighted by atomic mass is 35.5. The first-order chi connectivity index (χ1) is 11.1. The van der Waals surface area contributed by atoms with Crippen molar-refractivity contribution in [1.29, 1.82) is 0 Å². The standard InChI is InChI=1S/C16H25Cl2NOS3/c1-2-3-4-5-6-7-8-9-10-11-12-21-16(20)23-15-19-13(17)14(18)22-15/h2-12H2,1H3. The maximum atomic E-state index is 11.8. The Hall–Kier alpha value is 0.580. The summed E-state index contributed by atoms with van der Waals surface area (Å²) in [5, 5.41) is 0.284. The van der Waals surface area contributed by atoms with E-state index in [9.17, 15) is 4.79 Å². The second-order valence-electron chi connectivity index (χ2n) is 5.43. The first-order valence-electron chi connectivity index (χ1n) is 8.30. The molecular weight excluding hydrogens is 389 g/mol. The van der Waals surface area contributed by atoms with Gasteiger partial charge in [-0.3, -0.25) is 4.79 Å². The number of nitrogens with zero attached hydrogens (tertiary/aromatic N) is 1. The Balaban J connectivity index is 1.91. The number of rotatable bonds is 12. The van der Waals surface area contributed by atoms with Crippen molar-refractivity contribution in [2.24, 2.45) is 0 Å². The fraction of sp³-hybridized carbons (Fsp3) is 0.750. The molecule has 0 amide bonds. The van der Waals surface area contributed by atoms with Crippen molar-refractivity contribution in [3.63, 3.8) is 0 Å². The predicted octanol–water partition coefficient (Wildman–Crippen LogP) is 8.32. The molecule has 0 aromatic carbocycles. The van der Waals surface area contributed by atoms with Crippen molar-refractivity contribution in [2.75, 3.05) is 5.75 Å². The van der Waals surface area contributed by atoms with E-state index in [1.165, 1.54) is 80.9 Å². The smallest absolute Gasteiger partial charge is 0.253 e. The molecule has 1 rings (SSSR count). The molecule has 1 aromatic heterocycles. The molecule has 2 nitrogen and oxygen atoms in total. The Bertz CT molecular complexity index is 435. The zero-order valence-electron chi connectivity index (χ0n) is 13.6. The van der Waals surface area contributed by atoms with Crippen LogP contribution < -0.4 is 0 Å². The summed E-state index contributed by atoms with van der Waals surface area (Å²) in [7, 11) is 0. The molecule has 23 heavy (non-hydrogen) atoms. The SMILES string of the molecule is CCCCCCCCCCCCSC(=O)Sc1nc(Cl)c(Cl)s1. The van der Waals surface area contributed by atoms with Crippen molar-refractivity contribution in [3.8, 4) is 0 Å². The second kappa shape index (κ2) is 13.8. The minimum Gasteiger partial charge on any atom is -0.274 e. The molecule has 132 valence electrons. The fourth-order valence-electron chi connectivity index (χ4n) is 2.16. The maximum absolute atomic E-state index is 11.8. The van der Waals surface area contributed by atoms with Gasteiger partial charge in [-0.05, 0) is 18.2 Å². The van der Waals surface area contributed by atoms with Gasteiger partial charge < -0.3 is 0 Å².